The summed E-state index contributed by atoms with van der Waals surface area (Å²) < 4.78 is 37.1. The molecule has 1 aliphatic rings. The number of aromatic hydroxyl groups is 1. The molecular weight excluding hydrogens is 671 g/mol. The van der Waals surface area contributed by atoms with Gasteiger partial charge in [-0.05, 0) is 94.3 Å². The zero-order valence-corrected chi connectivity index (χ0v) is 30.8. The highest BCUT2D eigenvalue weighted by molar-refractivity contribution is 5.82. The molecule has 0 spiro atoms. The Hall–Kier alpha value is -5.00. The number of carboxylic acid groups (broad SMARTS) is 1. The van der Waals surface area contributed by atoms with E-state index in [4.69, 9.17) is 18.9 Å². The number of phenols is 1. The van der Waals surface area contributed by atoms with Crippen LogP contribution < -0.4 is 24.8 Å². The first-order valence-corrected chi connectivity index (χ1v) is 17.9. The molecule has 4 N–H and O–H groups in total. The summed E-state index contributed by atoms with van der Waals surface area (Å²) >= 11 is 0. The van der Waals surface area contributed by atoms with Gasteiger partial charge in [-0.2, -0.15) is 0 Å². The Labute approximate surface area is 304 Å². The van der Waals surface area contributed by atoms with E-state index in [0.29, 0.717) is 73.7 Å². The molecule has 282 valence electrons. The molecule has 1 heterocycles. The fourth-order valence-corrected chi connectivity index (χ4v) is 6.00. The maximum Gasteiger partial charge on any atom is 0.407 e. The quantitative estimate of drug-likeness (QED) is 0.115. The Morgan fingerprint density at radius 1 is 1.02 bits per heavy atom. The number of hydrogen-bond acceptors (Lipinski definition) is 8. The number of fused-ring (bicyclic) bond motifs is 1. The fraction of sp³-hybridized carbons (Fsp3) is 0.475. The van der Waals surface area contributed by atoms with E-state index in [9.17, 15) is 29.0 Å². The van der Waals surface area contributed by atoms with Crippen molar-refractivity contribution < 1.29 is 47.9 Å². The lowest BCUT2D eigenvalue weighted by molar-refractivity contribution is -0.142. The number of alkyl carbamates (subject to hydrolysis) is 1. The highest BCUT2D eigenvalue weighted by atomic mass is 19.1. The molecule has 2 amide bonds. The van der Waals surface area contributed by atoms with Crippen LogP contribution in [0.2, 0.25) is 0 Å². The van der Waals surface area contributed by atoms with E-state index in [1.54, 1.807) is 45.9 Å². The number of ether oxygens (including phenoxy) is 4. The van der Waals surface area contributed by atoms with Crippen molar-refractivity contribution in [3.05, 3.63) is 71.0 Å². The van der Waals surface area contributed by atoms with Gasteiger partial charge in [0.2, 0.25) is 0 Å². The highest BCUT2D eigenvalue weighted by Gasteiger charge is 2.32. The van der Waals surface area contributed by atoms with Gasteiger partial charge in [0, 0.05) is 36.2 Å². The van der Waals surface area contributed by atoms with Gasteiger partial charge in [0.25, 0.3) is 5.91 Å². The maximum atomic E-state index is 13.4. The van der Waals surface area contributed by atoms with E-state index in [1.165, 1.54) is 12.1 Å². The smallest absolute Gasteiger partial charge is 0.407 e. The number of aryl methyl sites for hydroxylation is 2. The summed E-state index contributed by atoms with van der Waals surface area (Å²) in [5, 5.41) is 25.8. The zero-order chi connectivity index (χ0) is 38.0. The first-order chi connectivity index (χ1) is 24.7. The van der Waals surface area contributed by atoms with Gasteiger partial charge in [-0.25, -0.2) is 9.18 Å². The second-order valence-corrected chi connectivity index (χ2v) is 13.9. The number of hydrogen-bond donors (Lipinski definition) is 4. The van der Waals surface area contributed by atoms with E-state index in [1.807, 2.05) is 32.0 Å². The van der Waals surface area contributed by atoms with E-state index in [2.05, 4.69) is 10.6 Å². The molecule has 0 radical (unpaired) electrons. The molecule has 3 unspecified atom stereocenters. The van der Waals surface area contributed by atoms with Crippen molar-refractivity contribution in [3.63, 3.8) is 0 Å². The zero-order valence-electron chi connectivity index (χ0n) is 30.8. The van der Waals surface area contributed by atoms with Crippen LogP contribution in [-0.2, 0) is 33.6 Å². The van der Waals surface area contributed by atoms with Crippen molar-refractivity contribution in [1.29, 1.82) is 0 Å². The van der Waals surface area contributed by atoms with Crippen LogP contribution >= 0.6 is 0 Å². The van der Waals surface area contributed by atoms with E-state index >= 15 is 0 Å². The molecule has 12 heteroatoms. The lowest BCUT2D eigenvalue weighted by Gasteiger charge is -2.29. The van der Waals surface area contributed by atoms with Gasteiger partial charge in [0.05, 0.1) is 19.1 Å². The summed E-state index contributed by atoms with van der Waals surface area (Å²) in [6.45, 7) is 11.2. The number of phenolic OH excluding ortho intramolecular Hbond substituents is 1. The summed E-state index contributed by atoms with van der Waals surface area (Å²) in [5.41, 5.74) is 3.33. The van der Waals surface area contributed by atoms with Crippen LogP contribution in [0.1, 0.15) is 77.5 Å². The lowest BCUT2D eigenvalue weighted by Crippen LogP contribution is -2.49. The van der Waals surface area contributed by atoms with Crippen molar-refractivity contribution in [3.8, 4) is 34.1 Å². The van der Waals surface area contributed by atoms with Crippen LogP contribution in [0.5, 0.6) is 23.0 Å². The van der Waals surface area contributed by atoms with Crippen LogP contribution in [0.25, 0.3) is 11.1 Å². The van der Waals surface area contributed by atoms with Crippen molar-refractivity contribution in [1.82, 2.24) is 10.6 Å². The predicted molar refractivity (Wildman–Crippen MR) is 195 cm³/mol. The number of halogens is 1. The summed E-state index contributed by atoms with van der Waals surface area (Å²) in [6, 6.07) is 12.5. The molecular formula is C40H51FN2O9. The molecule has 3 aromatic carbocycles. The molecule has 11 nitrogen and oxygen atoms in total. The Balaban J connectivity index is 1.34. The Kier molecular flexibility index (Phi) is 13.7. The van der Waals surface area contributed by atoms with E-state index < -0.39 is 41.6 Å². The van der Waals surface area contributed by atoms with Gasteiger partial charge in [0.1, 0.15) is 34.4 Å². The van der Waals surface area contributed by atoms with Crippen LogP contribution in [0.3, 0.4) is 0 Å². The number of amides is 2. The molecule has 0 saturated carbocycles. The molecule has 0 aromatic heterocycles. The molecule has 4 rings (SSSR count). The number of carbonyl (C=O) groups is 3. The van der Waals surface area contributed by atoms with Gasteiger partial charge >= 0.3 is 12.1 Å². The third kappa shape index (κ3) is 10.8. The summed E-state index contributed by atoms with van der Waals surface area (Å²) in [7, 11) is 0. The number of nitrogens with one attached hydrogen (secondary N) is 2. The molecule has 0 aliphatic carbocycles. The number of carboxylic acids is 1. The van der Waals surface area contributed by atoms with Gasteiger partial charge < -0.3 is 39.8 Å². The van der Waals surface area contributed by atoms with Crippen LogP contribution in [-0.4, -0.2) is 65.7 Å². The first kappa shape index (κ1) is 39.8. The van der Waals surface area contributed by atoms with Crippen molar-refractivity contribution in [2.45, 2.75) is 97.8 Å². The Bertz CT molecular complexity index is 1700. The topological polar surface area (TPSA) is 153 Å². The average molecular weight is 723 g/mol. The normalized spacial score (nSPS) is 15.0. The number of carbonyl (C=O) groups excluding carboxylic acids is 2. The second-order valence-electron chi connectivity index (χ2n) is 13.9. The number of benzene rings is 3. The monoisotopic (exact) mass is 722 g/mol. The number of aliphatic carboxylic acids is 1. The third-order valence-corrected chi connectivity index (χ3v) is 8.71. The standard InChI is InChI=1S/C40H51FN2O9/c1-7-10-29-33(49-19-9-20-50-35-22-32(44)30(21-25(35)8-2)26-11-15-28(41)16-12-26)17-13-27-14-18-34(51-36(27)29)37(45)42-23-31(38(46)47)24(3)43-39(48)52-40(4,5)6/h11-13,15-17,21-22,24,31,34,44H,7-10,14,18-20,23H2,1-6H3,(H,42,45)(H,43,48)(H,46,47). The maximum absolute atomic E-state index is 13.4. The van der Waals surface area contributed by atoms with Gasteiger partial charge in [0.15, 0.2) is 6.10 Å². The number of rotatable bonds is 16. The Morgan fingerprint density at radius 2 is 1.71 bits per heavy atom. The average Bonchev–Trinajstić information content (AvgIpc) is 3.08. The molecule has 52 heavy (non-hydrogen) atoms. The second kappa shape index (κ2) is 18.0. The molecule has 0 saturated heterocycles. The van der Waals surface area contributed by atoms with Crippen LogP contribution in [0.15, 0.2) is 48.5 Å². The third-order valence-electron chi connectivity index (χ3n) is 8.71. The lowest BCUT2D eigenvalue weighted by atomic mass is 9.96. The summed E-state index contributed by atoms with van der Waals surface area (Å²) in [4.78, 5) is 37.4. The van der Waals surface area contributed by atoms with Crippen molar-refractivity contribution in [2.24, 2.45) is 5.92 Å². The van der Waals surface area contributed by atoms with Crippen LogP contribution in [0.4, 0.5) is 9.18 Å². The molecule has 3 atom stereocenters. The van der Waals surface area contributed by atoms with Crippen LogP contribution in [0, 0.1) is 11.7 Å². The fourth-order valence-electron chi connectivity index (χ4n) is 6.00. The van der Waals surface area contributed by atoms with E-state index in [-0.39, 0.29) is 18.1 Å². The predicted octanol–water partition coefficient (Wildman–Crippen LogP) is 6.98. The molecule has 3 aromatic rings. The SMILES string of the molecule is CCCc1c(OCCCOc2cc(O)c(-c3ccc(F)cc3)cc2CC)ccc2c1OC(C(=O)NCC(C(=O)O)C(C)NC(=O)OC(C)(C)C)CC2. The first-order valence-electron chi connectivity index (χ1n) is 17.9. The Morgan fingerprint density at radius 3 is 2.35 bits per heavy atom. The van der Waals surface area contributed by atoms with Crippen molar-refractivity contribution in [2.75, 3.05) is 19.8 Å². The summed E-state index contributed by atoms with van der Waals surface area (Å²) in [6.07, 6.45) is 2.18. The van der Waals surface area contributed by atoms with E-state index in [0.717, 1.165) is 23.1 Å². The van der Waals surface area contributed by atoms with Gasteiger partial charge in [-0.1, -0.05) is 38.5 Å². The largest absolute Gasteiger partial charge is 0.507 e. The van der Waals surface area contributed by atoms with Gasteiger partial charge in [-0.3, -0.25) is 9.59 Å². The molecule has 0 fully saturated rings. The minimum Gasteiger partial charge on any atom is -0.507 e. The minimum absolute atomic E-state index is 0.0479. The summed E-state index contributed by atoms with van der Waals surface area (Å²) in [5.74, 6) is -1.14. The van der Waals surface area contributed by atoms with Gasteiger partial charge in [-0.15, -0.1) is 0 Å². The minimum atomic E-state index is -1.17. The van der Waals surface area contributed by atoms with Crippen molar-refractivity contribution >= 4 is 18.0 Å². The molecule has 1 aliphatic heterocycles. The molecule has 0 bridgehead atoms. The highest BCUT2D eigenvalue weighted by Crippen LogP contribution is 2.39.